The molecule has 0 bridgehead atoms. The van der Waals surface area contributed by atoms with Gasteiger partial charge in [0.2, 0.25) is 0 Å². The molecule has 2 heteroatoms. The minimum absolute atomic E-state index is 0.381. The summed E-state index contributed by atoms with van der Waals surface area (Å²) in [6.07, 6.45) is 0. The molecule has 1 atom stereocenters. The third-order valence-electron chi connectivity index (χ3n) is 2.89. The smallest absolute Gasteiger partial charge is 0.0613 e. The molecule has 0 saturated heterocycles. The van der Waals surface area contributed by atoms with Gasteiger partial charge in [-0.1, -0.05) is 36.4 Å². The van der Waals surface area contributed by atoms with E-state index in [2.05, 4.69) is 54.7 Å². The van der Waals surface area contributed by atoms with E-state index in [1.54, 1.807) is 7.11 Å². The van der Waals surface area contributed by atoms with E-state index in [1.807, 2.05) is 0 Å². The predicted molar refractivity (Wildman–Crippen MR) is 72.1 cm³/mol. The van der Waals surface area contributed by atoms with Gasteiger partial charge in [0.25, 0.3) is 0 Å². The highest BCUT2D eigenvalue weighted by Crippen LogP contribution is 2.15. The van der Waals surface area contributed by atoms with E-state index in [-0.39, 0.29) is 0 Å². The van der Waals surface area contributed by atoms with Crippen molar-refractivity contribution in [2.24, 2.45) is 0 Å². The predicted octanol–water partition coefficient (Wildman–Crippen LogP) is 2.96. The van der Waals surface area contributed by atoms with Crippen molar-refractivity contribution in [2.75, 3.05) is 13.7 Å². The topological polar surface area (TPSA) is 21.3 Å². The third-order valence-corrected chi connectivity index (χ3v) is 2.89. The fourth-order valence-corrected chi connectivity index (χ4v) is 1.95. The molecule has 1 N–H and O–H groups in total. The maximum Gasteiger partial charge on any atom is 0.0613 e. The lowest BCUT2D eigenvalue weighted by Crippen LogP contribution is -2.29. The van der Waals surface area contributed by atoms with Crippen LogP contribution in [0.25, 0.3) is 10.8 Å². The number of hydrogen-bond acceptors (Lipinski definition) is 2. The monoisotopic (exact) mass is 229 g/mol. The van der Waals surface area contributed by atoms with Gasteiger partial charge in [-0.15, -0.1) is 0 Å². The first kappa shape index (κ1) is 12.1. The van der Waals surface area contributed by atoms with Crippen LogP contribution in [0.1, 0.15) is 12.5 Å². The van der Waals surface area contributed by atoms with Crippen LogP contribution in [0.5, 0.6) is 0 Å². The Labute approximate surface area is 103 Å². The second-order valence-corrected chi connectivity index (χ2v) is 4.42. The summed E-state index contributed by atoms with van der Waals surface area (Å²) >= 11 is 0. The highest BCUT2D eigenvalue weighted by molar-refractivity contribution is 5.82. The molecule has 0 heterocycles. The Morgan fingerprint density at radius 2 is 1.88 bits per heavy atom. The van der Waals surface area contributed by atoms with Crippen LogP contribution in [0.2, 0.25) is 0 Å². The van der Waals surface area contributed by atoms with Gasteiger partial charge in [0.15, 0.2) is 0 Å². The van der Waals surface area contributed by atoms with Crippen molar-refractivity contribution in [3.63, 3.8) is 0 Å². The number of fused-ring (bicyclic) bond motifs is 1. The Hall–Kier alpha value is -1.38. The number of benzene rings is 2. The maximum atomic E-state index is 5.10. The normalized spacial score (nSPS) is 12.8. The molecule has 0 aliphatic rings. The van der Waals surface area contributed by atoms with Crippen LogP contribution < -0.4 is 5.32 Å². The lowest BCUT2D eigenvalue weighted by molar-refractivity contribution is 0.171. The molecule has 17 heavy (non-hydrogen) atoms. The van der Waals surface area contributed by atoms with E-state index in [0.717, 1.165) is 13.2 Å². The largest absolute Gasteiger partial charge is 0.383 e. The van der Waals surface area contributed by atoms with Crippen LogP contribution in [0.15, 0.2) is 42.5 Å². The lowest BCUT2D eigenvalue weighted by atomic mass is 10.1. The summed E-state index contributed by atoms with van der Waals surface area (Å²) in [6, 6.07) is 15.4. The second-order valence-electron chi connectivity index (χ2n) is 4.42. The zero-order valence-corrected chi connectivity index (χ0v) is 10.4. The molecular formula is C15H19NO. The summed E-state index contributed by atoms with van der Waals surface area (Å²) < 4.78 is 5.10. The number of methoxy groups -OCH3 is 1. The summed E-state index contributed by atoms with van der Waals surface area (Å²) in [5.41, 5.74) is 1.31. The minimum atomic E-state index is 0.381. The van der Waals surface area contributed by atoms with Gasteiger partial charge in [0.1, 0.15) is 0 Å². The average Bonchev–Trinajstić information content (AvgIpc) is 2.36. The Bertz CT molecular complexity index is 481. The van der Waals surface area contributed by atoms with Crippen molar-refractivity contribution in [3.8, 4) is 0 Å². The van der Waals surface area contributed by atoms with E-state index in [0.29, 0.717) is 6.04 Å². The van der Waals surface area contributed by atoms with Gasteiger partial charge in [-0.25, -0.2) is 0 Å². The quantitative estimate of drug-likeness (QED) is 0.851. The molecule has 90 valence electrons. The lowest BCUT2D eigenvalue weighted by Gasteiger charge is -2.12. The van der Waals surface area contributed by atoms with Crippen molar-refractivity contribution in [1.29, 1.82) is 0 Å². The van der Waals surface area contributed by atoms with E-state index in [9.17, 15) is 0 Å². The van der Waals surface area contributed by atoms with E-state index in [1.165, 1.54) is 16.3 Å². The van der Waals surface area contributed by atoms with Crippen molar-refractivity contribution in [1.82, 2.24) is 5.32 Å². The van der Waals surface area contributed by atoms with Crippen LogP contribution >= 0.6 is 0 Å². The van der Waals surface area contributed by atoms with Crippen molar-refractivity contribution in [2.45, 2.75) is 19.5 Å². The summed E-state index contributed by atoms with van der Waals surface area (Å²) in [5.74, 6) is 0. The minimum Gasteiger partial charge on any atom is -0.383 e. The Morgan fingerprint density at radius 1 is 1.12 bits per heavy atom. The highest BCUT2D eigenvalue weighted by Gasteiger charge is 2.01. The van der Waals surface area contributed by atoms with Crippen LogP contribution in [0, 0.1) is 0 Å². The fraction of sp³-hybridized carbons (Fsp3) is 0.333. The molecule has 0 saturated carbocycles. The van der Waals surface area contributed by atoms with Gasteiger partial charge in [-0.05, 0) is 29.3 Å². The summed E-state index contributed by atoms with van der Waals surface area (Å²) in [5, 5.41) is 6.03. The molecule has 0 radical (unpaired) electrons. The molecule has 0 fully saturated rings. The highest BCUT2D eigenvalue weighted by atomic mass is 16.5. The number of rotatable bonds is 5. The molecule has 0 aliphatic carbocycles. The Morgan fingerprint density at radius 3 is 2.65 bits per heavy atom. The standard InChI is InChI=1S/C15H19NO/c1-12(11-17-2)16-10-13-7-8-14-5-3-4-6-15(14)9-13/h3-9,12,16H,10-11H2,1-2H3/t12-/m1/s1. The van der Waals surface area contributed by atoms with Crippen molar-refractivity contribution < 1.29 is 4.74 Å². The van der Waals surface area contributed by atoms with Gasteiger partial charge >= 0.3 is 0 Å². The molecular weight excluding hydrogens is 210 g/mol. The number of nitrogens with one attached hydrogen (secondary N) is 1. The van der Waals surface area contributed by atoms with Gasteiger partial charge in [0.05, 0.1) is 6.61 Å². The van der Waals surface area contributed by atoms with Gasteiger partial charge in [-0.3, -0.25) is 0 Å². The average molecular weight is 229 g/mol. The zero-order valence-electron chi connectivity index (χ0n) is 10.4. The molecule has 0 spiro atoms. The zero-order chi connectivity index (χ0) is 12.1. The van der Waals surface area contributed by atoms with Gasteiger partial charge in [-0.2, -0.15) is 0 Å². The SMILES string of the molecule is COC[C@@H](C)NCc1ccc2ccccc2c1. The maximum absolute atomic E-state index is 5.10. The van der Waals surface area contributed by atoms with Crippen LogP contribution in [0.3, 0.4) is 0 Å². The van der Waals surface area contributed by atoms with Crippen LogP contribution in [-0.4, -0.2) is 19.8 Å². The molecule has 2 nitrogen and oxygen atoms in total. The van der Waals surface area contributed by atoms with Crippen molar-refractivity contribution >= 4 is 10.8 Å². The van der Waals surface area contributed by atoms with Crippen LogP contribution in [0.4, 0.5) is 0 Å². The third kappa shape index (κ3) is 3.29. The molecule has 0 unspecified atom stereocenters. The van der Waals surface area contributed by atoms with Crippen LogP contribution in [-0.2, 0) is 11.3 Å². The molecule has 2 rings (SSSR count). The number of hydrogen-bond donors (Lipinski definition) is 1. The fourth-order valence-electron chi connectivity index (χ4n) is 1.95. The summed E-state index contributed by atoms with van der Waals surface area (Å²) in [7, 11) is 1.73. The first-order valence-electron chi connectivity index (χ1n) is 5.99. The molecule has 0 aliphatic heterocycles. The Balaban J connectivity index is 2.04. The first-order valence-corrected chi connectivity index (χ1v) is 5.99. The molecule has 0 amide bonds. The Kier molecular flexibility index (Phi) is 4.13. The number of ether oxygens (including phenoxy) is 1. The molecule has 0 aromatic heterocycles. The van der Waals surface area contributed by atoms with E-state index < -0.39 is 0 Å². The van der Waals surface area contributed by atoms with E-state index >= 15 is 0 Å². The first-order chi connectivity index (χ1) is 8.29. The van der Waals surface area contributed by atoms with E-state index in [4.69, 9.17) is 4.74 Å². The van der Waals surface area contributed by atoms with Crippen molar-refractivity contribution in [3.05, 3.63) is 48.0 Å². The van der Waals surface area contributed by atoms with Gasteiger partial charge in [0, 0.05) is 19.7 Å². The second kappa shape index (κ2) is 5.80. The summed E-state index contributed by atoms with van der Waals surface area (Å²) in [6.45, 7) is 3.76. The molecule has 2 aromatic carbocycles. The summed E-state index contributed by atoms with van der Waals surface area (Å²) in [4.78, 5) is 0. The van der Waals surface area contributed by atoms with Gasteiger partial charge < -0.3 is 10.1 Å². The molecule has 2 aromatic rings.